The molecule has 0 spiro atoms. The lowest BCUT2D eigenvalue weighted by Crippen LogP contribution is -2.39. The number of rotatable bonds is 3. The van der Waals surface area contributed by atoms with E-state index >= 15 is 0 Å². The minimum atomic E-state index is -0.183. The summed E-state index contributed by atoms with van der Waals surface area (Å²) in [5, 5.41) is 11.5. The second kappa shape index (κ2) is 6.25. The van der Waals surface area contributed by atoms with Crippen molar-refractivity contribution in [1.29, 1.82) is 0 Å². The molecule has 25 heavy (non-hydrogen) atoms. The monoisotopic (exact) mass is 340 g/mol. The van der Waals surface area contributed by atoms with Gasteiger partial charge in [0.25, 0.3) is 0 Å². The van der Waals surface area contributed by atoms with Gasteiger partial charge in [-0.25, -0.2) is 14.6 Å². The molecule has 0 aliphatic carbocycles. The van der Waals surface area contributed by atoms with E-state index in [1.807, 2.05) is 31.5 Å². The number of nitrogens with one attached hydrogen (secondary N) is 1. The van der Waals surface area contributed by atoms with Gasteiger partial charge >= 0.3 is 0 Å². The van der Waals surface area contributed by atoms with Crippen LogP contribution < -0.4 is 4.90 Å². The van der Waals surface area contributed by atoms with Crippen LogP contribution in [0.1, 0.15) is 29.1 Å². The molecule has 0 amide bonds. The molecule has 0 radical (unpaired) electrons. The summed E-state index contributed by atoms with van der Waals surface area (Å²) in [6.45, 7) is 7.81. The van der Waals surface area contributed by atoms with E-state index in [-0.39, 0.29) is 6.10 Å². The molecule has 4 rings (SSSR count). The van der Waals surface area contributed by atoms with E-state index in [0.717, 1.165) is 29.6 Å². The molecule has 1 atom stereocenters. The van der Waals surface area contributed by atoms with Crippen LogP contribution in [-0.4, -0.2) is 54.6 Å². The number of anilines is 1. The van der Waals surface area contributed by atoms with Crippen LogP contribution in [-0.2, 0) is 4.74 Å². The minimum Gasteiger partial charge on any atom is -0.366 e. The molecule has 0 aromatic carbocycles. The molecular formula is C16H20N8O. The highest BCUT2D eigenvalue weighted by Crippen LogP contribution is 2.23. The molecular weight excluding hydrogens is 320 g/mol. The lowest BCUT2D eigenvalue weighted by molar-refractivity contribution is 0.0339. The van der Waals surface area contributed by atoms with Crippen molar-refractivity contribution >= 4 is 5.82 Å². The standard InChI is InChI=1S/C16H20N8O/c1-10-6-11(2)24(22-10)15-8-17-7-14(19-15)23-4-5-25-13(9-23)16-18-12(3)20-21-16/h6-8,13H,4-5,9H2,1-3H3,(H,18,20,21). The topological polar surface area (TPSA) is 97.6 Å². The average molecular weight is 340 g/mol. The summed E-state index contributed by atoms with van der Waals surface area (Å²) in [6, 6.07) is 2.02. The molecule has 130 valence electrons. The summed E-state index contributed by atoms with van der Waals surface area (Å²) in [5.74, 6) is 2.96. The molecule has 3 aromatic rings. The number of aryl methyl sites for hydroxylation is 3. The molecule has 1 aliphatic rings. The van der Waals surface area contributed by atoms with Gasteiger partial charge in [-0.05, 0) is 26.8 Å². The zero-order valence-corrected chi connectivity index (χ0v) is 14.5. The fourth-order valence-corrected chi connectivity index (χ4v) is 2.98. The van der Waals surface area contributed by atoms with Crippen molar-refractivity contribution in [3.63, 3.8) is 0 Å². The molecule has 4 heterocycles. The van der Waals surface area contributed by atoms with Gasteiger partial charge in [-0.2, -0.15) is 10.2 Å². The van der Waals surface area contributed by atoms with Crippen LogP contribution >= 0.6 is 0 Å². The minimum absolute atomic E-state index is 0.183. The first kappa shape index (κ1) is 15.7. The van der Waals surface area contributed by atoms with Crippen LogP contribution in [0.4, 0.5) is 5.82 Å². The fraction of sp³-hybridized carbons (Fsp3) is 0.438. The lowest BCUT2D eigenvalue weighted by Gasteiger charge is -2.32. The Kier molecular flexibility index (Phi) is 3.92. The van der Waals surface area contributed by atoms with Crippen molar-refractivity contribution in [2.75, 3.05) is 24.6 Å². The Bertz CT molecular complexity index is 886. The molecule has 1 unspecified atom stereocenters. The number of aromatic nitrogens is 7. The Morgan fingerprint density at radius 3 is 2.72 bits per heavy atom. The van der Waals surface area contributed by atoms with E-state index in [1.165, 1.54) is 0 Å². The predicted molar refractivity (Wildman–Crippen MR) is 90.7 cm³/mol. The first-order valence-corrected chi connectivity index (χ1v) is 8.21. The largest absolute Gasteiger partial charge is 0.366 e. The lowest BCUT2D eigenvalue weighted by atomic mass is 10.2. The maximum absolute atomic E-state index is 5.81. The number of nitrogens with zero attached hydrogens (tertiary/aromatic N) is 7. The van der Waals surface area contributed by atoms with Gasteiger partial charge in [0, 0.05) is 12.2 Å². The van der Waals surface area contributed by atoms with E-state index in [2.05, 4.69) is 30.2 Å². The summed E-state index contributed by atoms with van der Waals surface area (Å²) in [6.07, 6.45) is 3.30. The van der Waals surface area contributed by atoms with Gasteiger partial charge < -0.3 is 9.64 Å². The van der Waals surface area contributed by atoms with Crippen molar-refractivity contribution in [3.05, 3.63) is 41.5 Å². The highest BCUT2D eigenvalue weighted by Gasteiger charge is 2.26. The van der Waals surface area contributed by atoms with E-state index in [9.17, 15) is 0 Å². The quantitative estimate of drug-likeness (QED) is 0.767. The first-order valence-electron chi connectivity index (χ1n) is 8.21. The van der Waals surface area contributed by atoms with Crippen LogP contribution in [0.3, 0.4) is 0 Å². The van der Waals surface area contributed by atoms with Gasteiger partial charge in [0.2, 0.25) is 0 Å². The molecule has 1 aliphatic heterocycles. The number of aromatic amines is 1. The van der Waals surface area contributed by atoms with Crippen molar-refractivity contribution in [2.45, 2.75) is 26.9 Å². The van der Waals surface area contributed by atoms with Gasteiger partial charge in [-0.1, -0.05) is 0 Å². The van der Waals surface area contributed by atoms with E-state index < -0.39 is 0 Å². The van der Waals surface area contributed by atoms with E-state index in [4.69, 9.17) is 9.72 Å². The maximum atomic E-state index is 5.81. The Morgan fingerprint density at radius 2 is 2.00 bits per heavy atom. The molecule has 0 bridgehead atoms. The van der Waals surface area contributed by atoms with Gasteiger partial charge in [0.1, 0.15) is 17.7 Å². The Labute approximate surface area is 145 Å². The average Bonchev–Trinajstić information content (AvgIpc) is 3.20. The summed E-state index contributed by atoms with van der Waals surface area (Å²) in [7, 11) is 0. The van der Waals surface area contributed by atoms with Crippen LogP contribution in [0.5, 0.6) is 0 Å². The fourth-order valence-electron chi connectivity index (χ4n) is 2.98. The summed E-state index contributed by atoms with van der Waals surface area (Å²) in [5.41, 5.74) is 1.98. The molecule has 0 saturated carbocycles. The van der Waals surface area contributed by atoms with Crippen LogP contribution in [0, 0.1) is 20.8 Å². The van der Waals surface area contributed by atoms with Gasteiger partial charge in [0.05, 0.1) is 31.2 Å². The summed E-state index contributed by atoms with van der Waals surface area (Å²) >= 11 is 0. The second-order valence-corrected chi connectivity index (χ2v) is 6.16. The van der Waals surface area contributed by atoms with Crippen molar-refractivity contribution in [2.24, 2.45) is 0 Å². The third kappa shape index (κ3) is 3.10. The Hall–Kier alpha value is -2.81. The van der Waals surface area contributed by atoms with Crippen LogP contribution in [0.25, 0.3) is 5.82 Å². The molecule has 9 heteroatoms. The molecule has 1 N–H and O–H groups in total. The van der Waals surface area contributed by atoms with Crippen LogP contribution in [0.2, 0.25) is 0 Å². The number of H-pyrrole nitrogens is 1. The normalized spacial score (nSPS) is 17.9. The van der Waals surface area contributed by atoms with Gasteiger partial charge in [0.15, 0.2) is 11.6 Å². The van der Waals surface area contributed by atoms with E-state index in [0.29, 0.717) is 24.8 Å². The second-order valence-electron chi connectivity index (χ2n) is 6.16. The molecule has 1 fully saturated rings. The zero-order chi connectivity index (χ0) is 17.4. The third-order valence-corrected chi connectivity index (χ3v) is 4.13. The number of ether oxygens (including phenoxy) is 1. The zero-order valence-electron chi connectivity index (χ0n) is 14.5. The molecule has 1 saturated heterocycles. The number of morpholine rings is 1. The highest BCUT2D eigenvalue weighted by atomic mass is 16.5. The highest BCUT2D eigenvalue weighted by molar-refractivity contribution is 5.40. The van der Waals surface area contributed by atoms with Gasteiger partial charge in [-0.15, -0.1) is 0 Å². The summed E-state index contributed by atoms with van der Waals surface area (Å²) < 4.78 is 7.62. The maximum Gasteiger partial charge on any atom is 0.181 e. The predicted octanol–water partition coefficient (Wildman–Crippen LogP) is 1.28. The third-order valence-electron chi connectivity index (χ3n) is 4.13. The number of hydrogen-bond donors (Lipinski definition) is 1. The summed E-state index contributed by atoms with van der Waals surface area (Å²) in [4.78, 5) is 15.6. The SMILES string of the molecule is Cc1cc(C)n(-c2cncc(N3CCOC(c4n[nH]c(C)n4)C3)n2)n1. The van der Waals surface area contributed by atoms with E-state index in [1.54, 1.807) is 12.4 Å². The van der Waals surface area contributed by atoms with Crippen molar-refractivity contribution in [1.82, 2.24) is 34.9 Å². The van der Waals surface area contributed by atoms with Gasteiger partial charge in [-0.3, -0.25) is 10.1 Å². The van der Waals surface area contributed by atoms with Crippen LogP contribution in [0.15, 0.2) is 18.5 Å². The smallest absolute Gasteiger partial charge is 0.181 e. The number of hydrogen-bond acceptors (Lipinski definition) is 7. The molecule has 9 nitrogen and oxygen atoms in total. The first-order chi connectivity index (χ1) is 12.1. The van der Waals surface area contributed by atoms with Crippen molar-refractivity contribution < 1.29 is 4.74 Å². The Balaban J connectivity index is 1.59. The Morgan fingerprint density at radius 1 is 1.16 bits per heavy atom. The van der Waals surface area contributed by atoms with Crippen molar-refractivity contribution in [3.8, 4) is 5.82 Å². The molecule has 3 aromatic heterocycles.